The monoisotopic (exact) mass is 264 g/mol. The predicted octanol–water partition coefficient (Wildman–Crippen LogP) is 1.74. The number of nitrogens with one attached hydrogen (secondary N) is 2. The maximum absolute atomic E-state index is 11.8. The van der Waals surface area contributed by atoms with E-state index in [0.717, 1.165) is 11.4 Å². The van der Waals surface area contributed by atoms with E-state index in [1.54, 1.807) is 18.6 Å². The summed E-state index contributed by atoms with van der Waals surface area (Å²) in [6.45, 7) is 2.34. The van der Waals surface area contributed by atoms with Gasteiger partial charge < -0.3 is 10.3 Å². The third kappa shape index (κ3) is 3.07. The first kappa shape index (κ1) is 12.6. The van der Waals surface area contributed by atoms with Crippen LogP contribution in [0.4, 0.5) is 0 Å². The Morgan fingerprint density at radius 3 is 3.00 bits per heavy atom. The molecule has 2 N–H and O–H groups in total. The van der Waals surface area contributed by atoms with Crippen molar-refractivity contribution in [3.63, 3.8) is 0 Å². The number of halogens is 1. The molecular weight excluding hydrogens is 252 g/mol. The van der Waals surface area contributed by atoms with Crippen LogP contribution >= 0.6 is 11.6 Å². The Balaban J connectivity index is 1.91. The molecule has 6 heteroatoms. The van der Waals surface area contributed by atoms with Gasteiger partial charge in [-0.15, -0.1) is 0 Å². The van der Waals surface area contributed by atoms with Crippen molar-refractivity contribution in [3.8, 4) is 0 Å². The van der Waals surface area contributed by atoms with Crippen molar-refractivity contribution >= 4 is 17.5 Å². The van der Waals surface area contributed by atoms with Gasteiger partial charge in [-0.25, -0.2) is 4.98 Å². The molecule has 0 aliphatic rings. The summed E-state index contributed by atoms with van der Waals surface area (Å²) in [6, 6.07) is 1.67. The van der Waals surface area contributed by atoms with Crippen LogP contribution in [0.2, 0.25) is 5.02 Å². The maximum Gasteiger partial charge on any atom is 0.254 e. The predicted molar refractivity (Wildman–Crippen MR) is 68.6 cm³/mol. The van der Waals surface area contributed by atoms with Crippen LogP contribution in [-0.4, -0.2) is 27.4 Å². The second kappa shape index (κ2) is 5.64. The molecule has 0 saturated carbocycles. The van der Waals surface area contributed by atoms with Crippen molar-refractivity contribution in [2.45, 2.75) is 13.3 Å². The standard InChI is InChI=1S/C12H13ClN4O/c1-8-4-11(13)10(6-16-8)12(18)15-3-2-9-5-14-7-17-9/h4-7H,2-3H2,1H3,(H,14,17)(H,15,18). The van der Waals surface area contributed by atoms with Gasteiger partial charge in [-0.1, -0.05) is 11.6 Å². The van der Waals surface area contributed by atoms with Crippen molar-refractivity contribution < 1.29 is 4.79 Å². The minimum atomic E-state index is -0.216. The van der Waals surface area contributed by atoms with Crippen molar-refractivity contribution in [1.82, 2.24) is 20.3 Å². The summed E-state index contributed by atoms with van der Waals surface area (Å²) in [5, 5.41) is 3.20. The van der Waals surface area contributed by atoms with E-state index < -0.39 is 0 Å². The smallest absolute Gasteiger partial charge is 0.254 e. The van der Waals surface area contributed by atoms with Crippen LogP contribution in [0.3, 0.4) is 0 Å². The summed E-state index contributed by atoms with van der Waals surface area (Å²) in [5.41, 5.74) is 2.16. The first-order chi connectivity index (χ1) is 8.66. The minimum absolute atomic E-state index is 0.216. The summed E-state index contributed by atoms with van der Waals surface area (Å²) in [6.07, 6.45) is 5.52. The lowest BCUT2D eigenvalue weighted by Crippen LogP contribution is -2.26. The first-order valence-electron chi connectivity index (χ1n) is 5.54. The largest absolute Gasteiger partial charge is 0.352 e. The highest BCUT2D eigenvalue weighted by atomic mass is 35.5. The molecule has 0 aromatic carbocycles. The SMILES string of the molecule is Cc1cc(Cl)c(C(=O)NCCc2cnc[nH]2)cn1. The highest BCUT2D eigenvalue weighted by Crippen LogP contribution is 2.15. The summed E-state index contributed by atoms with van der Waals surface area (Å²) >= 11 is 5.99. The van der Waals surface area contributed by atoms with Gasteiger partial charge in [0, 0.05) is 36.7 Å². The van der Waals surface area contributed by atoms with Gasteiger partial charge in [-0.2, -0.15) is 0 Å². The van der Waals surface area contributed by atoms with Gasteiger partial charge >= 0.3 is 0 Å². The van der Waals surface area contributed by atoms with Crippen molar-refractivity contribution in [2.24, 2.45) is 0 Å². The number of nitrogens with zero attached hydrogens (tertiary/aromatic N) is 2. The van der Waals surface area contributed by atoms with Gasteiger partial charge in [0.15, 0.2) is 0 Å². The number of amides is 1. The Morgan fingerprint density at radius 2 is 2.33 bits per heavy atom. The number of hydrogen-bond acceptors (Lipinski definition) is 3. The zero-order valence-electron chi connectivity index (χ0n) is 9.90. The highest BCUT2D eigenvalue weighted by Gasteiger charge is 2.10. The number of imidazole rings is 1. The molecule has 1 amide bonds. The summed E-state index contributed by atoms with van der Waals surface area (Å²) in [7, 11) is 0. The zero-order chi connectivity index (χ0) is 13.0. The molecule has 2 aromatic heterocycles. The number of pyridine rings is 1. The van der Waals surface area contributed by atoms with Gasteiger partial charge in [-0.3, -0.25) is 9.78 Å². The molecule has 0 saturated heterocycles. The van der Waals surface area contributed by atoms with Crippen LogP contribution in [0.5, 0.6) is 0 Å². The number of rotatable bonds is 4. The molecular formula is C12H13ClN4O. The molecule has 0 bridgehead atoms. The molecule has 2 rings (SSSR count). The summed E-state index contributed by atoms with van der Waals surface area (Å²) in [5.74, 6) is -0.216. The normalized spacial score (nSPS) is 10.3. The molecule has 2 heterocycles. The van der Waals surface area contributed by atoms with Crippen molar-refractivity contribution in [3.05, 3.63) is 46.8 Å². The Bertz CT molecular complexity index is 539. The Morgan fingerprint density at radius 1 is 1.50 bits per heavy atom. The van der Waals surface area contributed by atoms with Crippen LogP contribution in [0.25, 0.3) is 0 Å². The molecule has 0 radical (unpaired) electrons. The average molecular weight is 265 g/mol. The van der Waals surface area contributed by atoms with Crippen LogP contribution in [-0.2, 0) is 6.42 Å². The molecule has 5 nitrogen and oxygen atoms in total. The highest BCUT2D eigenvalue weighted by molar-refractivity contribution is 6.33. The Labute approximate surface area is 110 Å². The van der Waals surface area contributed by atoms with E-state index in [2.05, 4.69) is 20.3 Å². The lowest BCUT2D eigenvalue weighted by Gasteiger charge is -2.06. The molecule has 94 valence electrons. The third-order valence-electron chi connectivity index (χ3n) is 2.47. The van der Waals surface area contributed by atoms with E-state index in [9.17, 15) is 4.79 Å². The third-order valence-corrected chi connectivity index (χ3v) is 2.78. The van der Waals surface area contributed by atoms with Crippen LogP contribution < -0.4 is 5.32 Å². The van der Waals surface area contributed by atoms with Crippen molar-refractivity contribution in [2.75, 3.05) is 6.54 Å². The summed E-state index contributed by atoms with van der Waals surface area (Å²) in [4.78, 5) is 22.8. The van der Waals surface area contributed by atoms with E-state index in [1.807, 2.05) is 6.92 Å². The van der Waals surface area contributed by atoms with Crippen LogP contribution in [0, 0.1) is 6.92 Å². The van der Waals surface area contributed by atoms with E-state index in [0.29, 0.717) is 23.6 Å². The minimum Gasteiger partial charge on any atom is -0.352 e. The molecule has 0 atom stereocenters. The number of carbonyl (C=O) groups excluding carboxylic acids is 1. The average Bonchev–Trinajstić information content (AvgIpc) is 2.81. The van der Waals surface area contributed by atoms with Crippen LogP contribution in [0.15, 0.2) is 24.8 Å². The van der Waals surface area contributed by atoms with Crippen molar-refractivity contribution in [1.29, 1.82) is 0 Å². The lowest BCUT2D eigenvalue weighted by molar-refractivity contribution is 0.0954. The Kier molecular flexibility index (Phi) is 3.94. The quantitative estimate of drug-likeness (QED) is 0.884. The zero-order valence-corrected chi connectivity index (χ0v) is 10.7. The molecule has 0 spiro atoms. The first-order valence-corrected chi connectivity index (χ1v) is 5.92. The Hall–Kier alpha value is -1.88. The molecule has 2 aromatic rings. The van der Waals surface area contributed by atoms with E-state index in [-0.39, 0.29) is 5.91 Å². The molecule has 0 unspecified atom stereocenters. The van der Waals surface area contributed by atoms with Gasteiger partial charge in [0.25, 0.3) is 5.91 Å². The van der Waals surface area contributed by atoms with Gasteiger partial charge in [0.1, 0.15) is 0 Å². The second-order valence-electron chi connectivity index (χ2n) is 3.89. The fraction of sp³-hybridized carbons (Fsp3) is 0.250. The number of hydrogen-bond donors (Lipinski definition) is 2. The molecule has 18 heavy (non-hydrogen) atoms. The number of aryl methyl sites for hydroxylation is 1. The van der Waals surface area contributed by atoms with Gasteiger partial charge in [0.2, 0.25) is 0 Å². The van der Waals surface area contributed by atoms with E-state index in [4.69, 9.17) is 11.6 Å². The van der Waals surface area contributed by atoms with E-state index >= 15 is 0 Å². The number of aromatic nitrogens is 3. The molecule has 0 aliphatic carbocycles. The van der Waals surface area contributed by atoms with Crippen LogP contribution in [0.1, 0.15) is 21.7 Å². The van der Waals surface area contributed by atoms with E-state index in [1.165, 1.54) is 6.20 Å². The molecule has 0 fully saturated rings. The lowest BCUT2D eigenvalue weighted by atomic mass is 10.2. The maximum atomic E-state index is 11.8. The summed E-state index contributed by atoms with van der Waals surface area (Å²) < 4.78 is 0. The fourth-order valence-corrected chi connectivity index (χ4v) is 1.81. The number of aromatic amines is 1. The number of carbonyl (C=O) groups is 1. The number of H-pyrrole nitrogens is 1. The topological polar surface area (TPSA) is 70.7 Å². The van der Waals surface area contributed by atoms with Gasteiger partial charge in [-0.05, 0) is 13.0 Å². The fourth-order valence-electron chi connectivity index (χ4n) is 1.52. The second-order valence-corrected chi connectivity index (χ2v) is 4.30. The van der Waals surface area contributed by atoms with Gasteiger partial charge in [0.05, 0.1) is 16.9 Å². The molecule has 0 aliphatic heterocycles.